The van der Waals surface area contributed by atoms with Crippen molar-refractivity contribution in [1.29, 1.82) is 0 Å². The van der Waals surface area contributed by atoms with Gasteiger partial charge in [-0.05, 0) is 42.2 Å². The van der Waals surface area contributed by atoms with E-state index in [9.17, 15) is 4.79 Å². The summed E-state index contributed by atoms with van der Waals surface area (Å²) in [4.78, 5) is 25.9. The average molecular weight is 488 g/mol. The number of amidine groups is 1. The van der Waals surface area contributed by atoms with Crippen LogP contribution in [0.2, 0.25) is 0 Å². The van der Waals surface area contributed by atoms with Crippen molar-refractivity contribution in [1.82, 2.24) is 4.98 Å². The molecule has 0 bridgehead atoms. The summed E-state index contributed by atoms with van der Waals surface area (Å²) < 4.78 is 11.8. The highest BCUT2D eigenvalue weighted by Crippen LogP contribution is 2.41. The van der Waals surface area contributed by atoms with Crippen molar-refractivity contribution in [3.8, 4) is 11.5 Å². The molecule has 6 nitrogen and oxygen atoms in total. The van der Waals surface area contributed by atoms with Crippen LogP contribution in [0.3, 0.4) is 0 Å². The highest BCUT2D eigenvalue weighted by Gasteiger charge is 2.35. The zero-order valence-electron chi connectivity index (χ0n) is 18.8. The van der Waals surface area contributed by atoms with Gasteiger partial charge in [-0.2, -0.15) is 0 Å². The molecule has 1 aliphatic rings. The molecule has 3 aromatic carbocycles. The number of rotatable bonds is 6. The summed E-state index contributed by atoms with van der Waals surface area (Å²) in [5.41, 5.74) is 2.74. The molecule has 4 aromatic rings. The topological polar surface area (TPSA) is 64.0 Å². The van der Waals surface area contributed by atoms with E-state index in [1.165, 1.54) is 11.3 Å². The first-order valence-corrected chi connectivity index (χ1v) is 12.5. The second kappa shape index (κ2) is 9.32. The summed E-state index contributed by atoms with van der Waals surface area (Å²) in [6, 6.07) is 21.3. The third-order valence-corrected chi connectivity index (χ3v) is 7.20. The van der Waals surface area contributed by atoms with E-state index in [2.05, 4.69) is 0 Å². The first-order valence-electron chi connectivity index (χ1n) is 10.5. The lowest BCUT2D eigenvalue weighted by Crippen LogP contribution is -2.32. The SMILES string of the molecule is COc1ccc(OC)c2sc(N3C(=O)/C(=C/c4ccc(SC)cc4)N=C3c3ccccc3)nc12. The van der Waals surface area contributed by atoms with Gasteiger partial charge >= 0.3 is 0 Å². The Morgan fingerprint density at radius 2 is 1.65 bits per heavy atom. The van der Waals surface area contributed by atoms with E-state index in [0.717, 1.165) is 20.7 Å². The average Bonchev–Trinajstić information content (AvgIpc) is 3.46. The second-order valence-electron chi connectivity index (χ2n) is 7.39. The second-order valence-corrected chi connectivity index (χ2v) is 9.25. The standard InChI is InChI=1S/C26H21N3O3S2/c1-31-20-13-14-21(32-2)23-22(20)28-26(34-23)29-24(17-7-5-4-6-8-17)27-19(25(29)30)15-16-9-11-18(33-3)12-10-16/h4-15H,1-3H3/b19-15-. The highest BCUT2D eigenvalue weighted by atomic mass is 32.2. The number of thioether (sulfide) groups is 1. The van der Waals surface area contributed by atoms with Crippen LogP contribution in [0.25, 0.3) is 16.3 Å². The molecule has 34 heavy (non-hydrogen) atoms. The number of anilines is 1. The molecule has 2 heterocycles. The van der Waals surface area contributed by atoms with Crippen LogP contribution in [0.15, 0.2) is 82.3 Å². The molecule has 0 fully saturated rings. The monoisotopic (exact) mass is 487 g/mol. The van der Waals surface area contributed by atoms with Gasteiger partial charge in [-0.15, -0.1) is 11.8 Å². The van der Waals surface area contributed by atoms with Crippen LogP contribution in [0.4, 0.5) is 5.13 Å². The number of hydrogen-bond acceptors (Lipinski definition) is 7. The lowest BCUT2D eigenvalue weighted by molar-refractivity contribution is -0.113. The minimum absolute atomic E-state index is 0.232. The van der Waals surface area contributed by atoms with E-state index < -0.39 is 0 Å². The molecule has 0 unspecified atom stereocenters. The number of carbonyl (C=O) groups is 1. The van der Waals surface area contributed by atoms with Crippen LogP contribution in [-0.4, -0.2) is 37.2 Å². The molecule has 0 saturated carbocycles. The lowest BCUT2D eigenvalue weighted by atomic mass is 10.2. The van der Waals surface area contributed by atoms with E-state index in [4.69, 9.17) is 19.5 Å². The van der Waals surface area contributed by atoms with E-state index >= 15 is 0 Å². The van der Waals surface area contributed by atoms with Crippen molar-refractivity contribution in [3.63, 3.8) is 0 Å². The highest BCUT2D eigenvalue weighted by molar-refractivity contribution is 7.98. The molecule has 5 rings (SSSR count). The Hall–Kier alpha value is -3.62. The van der Waals surface area contributed by atoms with Crippen LogP contribution in [0.1, 0.15) is 11.1 Å². The smallest absolute Gasteiger partial charge is 0.284 e. The van der Waals surface area contributed by atoms with Gasteiger partial charge < -0.3 is 9.47 Å². The van der Waals surface area contributed by atoms with Gasteiger partial charge in [0.25, 0.3) is 5.91 Å². The molecule has 0 atom stereocenters. The Kier molecular flexibility index (Phi) is 6.08. The van der Waals surface area contributed by atoms with E-state index in [-0.39, 0.29) is 5.91 Å². The number of fused-ring (bicyclic) bond motifs is 1. The molecule has 170 valence electrons. The van der Waals surface area contributed by atoms with Gasteiger partial charge in [0.15, 0.2) is 5.13 Å². The first kappa shape index (κ1) is 22.2. The first-order chi connectivity index (χ1) is 16.6. The number of ether oxygens (including phenoxy) is 2. The predicted molar refractivity (Wildman–Crippen MR) is 139 cm³/mol. The summed E-state index contributed by atoms with van der Waals surface area (Å²) in [6.07, 6.45) is 3.84. The Balaban J connectivity index is 1.64. The Labute approximate surface area is 205 Å². The summed E-state index contributed by atoms with van der Waals surface area (Å²) in [5, 5.41) is 0.506. The number of methoxy groups -OCH3 is 2. The number of carbonyl (C=O) groups excluding carboxylic acids is 1. The lowest BCUT2D eigenvalue weighted by Gasteiger charge is -2.14. The van der Waals surface area contributed by atoms with Crippen LogP contribution in [0, 0.1) is 0 Å². The van der Waals surface area contributed by atoms with Crippen molar-refractivity contribution >= 4 is 56.3 Å². The number of aliphatic imine (C=N–C) groups is 1. The fraction of sp³-hybridized carbons (Fsp3) is 0.115. The zero-order valence-corrected chi connectivity index (χ0v) is 20.4. The third kappa shape index (κ3) is 3.95. The summed E-state index contributed by atoms with van der Waals surface area (Å²) >= 11 is 3.04. The van der Waals surface area contributed by atoms with Gasteiger partial charge in [-0.3, -0.25) is 4.79 Å². The summed E-state index contributed by atoms with van der Waals surface area (Å²) in [5.74, 6) is 1.60. The van der Waals surface area contributed by atoms with Gasteiger partial charge in [0.05, 0.1) is 14.2 Å². The number of hydrogen-bond donors (Lipinski definition) is 0. The number of aromatic nitrogens is 1. The molecule has 0 saturated heterocycles. The van der Waals surface area contributed by atoms with E-state index in [1.54, 1.807) is 30.9 Å². The molecule has 0 radical (unpaired) electrons. The molecular weight excluding hydrogens is 466 g/mol. The maximum atomic E-state index is 13.6. The van der Waals surface area contributed by atoms with E-state index in [1.807, 2.05) is 79.1 Å². The van der Waals surface area contributed by atoms with E-state index in [0.29, 0.717) is 33.7 Å². The molecule has 1 aromatic heterocycles. The van der Waals surface area contributed by atoms with Crippen molar-refractivity contribution in [2.24, 2.45) is 4.99 Å². The van der Waals surface area contributed by atoms with Crippen LogP contribution < -0.4 is 14.4 Å². The van der Waals surface area contributed by atoms with Crippen LogP contribution >= 0.6 is 23.1 Å². The fourth-order valence-electron chi connectivity index (χ4n) is 3.70. The van der Waals surface area contributed by atoms with Crippen molar-refractivity contribution in [2.45, 2.75) is 4.90 Å². The maximum absolute atomic E-state index is 13.6. The molecule has 0 spiro atoms. The van der Waals surface area contributed by atoms with Crippen molar-refractivity contribution in [3.05, 3.63) is 83.6 Å². The van der Waals surface area contributed by atoms with Crippen LogP contribution in [-0.2, 0) is 4.79 Å². The largest absolute Gasteiger partial charge is 0.495 e. The maximum Gasteiger partial charge on any atom is 0.284 e. The van der Waals surface area contributed by atoms with Gasteiger partial charge in [0.2, 0.25) is 0 Å². The quantitative estimate of drug-likeness (QED) is 0.251. The van der Waals surface area contributed by atoms with Crippen molar-refractivity contribution < 1.29 is 14.3 Å². The number of benzene rings is 3. The van der Waals surface area contributed by atoms with Gasteiger partial charge in [-0.25, -0.2) is 14.9 Å². The molecule has 0 aliphatic carbocycles. The predicted octanol–water partition coefficient (Wildman–Crippen LogP) is 5.87. The number of nitrogens with zero attached hydrogens (tertiary/aromatic N) is 3. The number of thiazole rings is 1. The summed E-state index contributed by atoms with van der Waals surface area (Å²) in [7, 11) is 3.21. The fourth-order valence-corrected chi connectivity index (χ4v) is 5.19. The molecule has 0 N–H and O–H groups in total. The molecular formula is C26H21N3O3S2. The third-order valence-electron chi connectivity index (χ3n) is 5.40. The Bertz CT molecular complexity index is 1390. The van der Waals surface area contributed by atoms with Crippen LogP contribution in [0.5, 0.6) is 11.5 Å². The Morgan fingerprint density at radius 3 is 2.32 bits per heavy atom. The van der Waals surface area contributed by atoms with Gasteiger partial charge in [0, 0.05) is 10.5 Å². The van der Waals surface area contributed by atoms with Gasteiger partial charge in [0.1, 0.15) is 33.2 Å². The molecule has 8 heteroatoms. The van der Waals surface area contributed by atoms with Gasteiger partial charge in [-0.1, -0.05) is 53.8 Å². The Morgan fingerprint density at radius 1 is 0.941 bits per heavy atom. The molecule has 1 aliphatic heterocycles. The van der Waals surface area contributed by atoms with Crippen molar-refractivity contribution in [2.75, 3.05) is 25.4 Å². The minimum atomic E-state index is -0.232. The zero-order chi connectivity index (χ0) is 23.7. The minimum Gasteiger partial charge on any atom is -0.495 e. The normalized spacial score (nSPS) is 14.7. The summed E-state index contributed by atoms with van der Waals surface area (Å²) in [6.45, 7) is 0. The number of amides is 1. The molecule has 1 amide bonds.